The molecule has 1 aromatic carbocycles. The zero-order valence-electron chi connectivity index (χ0n) is 9.06. The number of amides is 1. The Morgan fingerprint density at radius 1 is 1.44 bits per heavy atom. The molecule has 16 heavy (non-hydrogen) atoms. The third-order valence-electron chi connectivity index (χ3n) is 1.87. The number of benzene rings is 1. The van der Waals surface area contributed by atoms with E-state index in [-0.39, 0.29) is 5.75 Å². The van der Waals surface area contributed by atoms with E-state index in [0.29, 0.717) is 5.75 Å². The number of nitrogens with one attached hydrogen (secondary N) is 1. The molecule has 0 unspecified atom stereocenters. The number of alkyl carbamates (subject to hydrolysis) is 1. The molecule has 0 radical (unpaired) electrons. The van der Waals surface area contributed by atoms with Gasteiger partial charge in [-0.1, -0.05) is 6.07 Å². The average Bonchev–Trinajstić information content (AvgIpc) is 2.31. The maximum Gasteiger partial charge on any atom is 0.410 e. The van der Waals surface area contributed by atoms with E-state index in [4.69, 9.17) is 4.74 Å². The van der Waals surface area contributed by atoms with E-state index in [1.54, 1.807) is 18.2 Å². The zero-order chi connectivity index (χ0) is 12.0. The number of ether oxygens (including phenoxy) is 2. The van der Waals surface area contributed by atoms with E-state index >= 15 is 0 Å². The summed E-state index contributed by atoms with van der Waals surface area (Å²) in [5.74, 6) is 0.445. The SMILES string of the molecule is COC(=O)N/C=C/c1ccc(O)c(OC)c1. The lowest BCUT2D eigenvalue weighted by atomic mass is 10.2. The molecule has 5 nitrogen and oxygen atoms in total. The molecule has 5 heteroatoms. The summed E-state index contributed by atoms with van der Waals surface area (Å²) in [7, 11) is 2.75. The minimum absolute atomic E-state index is 0.0700. The summed E-state index contributed by atoms with van der Waals surface area (Å²) in [6.45, 7) is 0. The zero-order valence-corrected chi connectivity index (χ0v) is 9.06. The smallest absolute Gasteiger partial charge is 0.410 e. The van der Waals surface area contributed by atoms with Crippen molar-refractivity contribution in [2.24, 2.45) is 0 Å². The molecule has 86 valence electrons. The van der Waals surface area contributed by atoms with Gasteiger partial charge in [0.15, 0.2) is 11.5 Å². The van der Waals surface area contributed by atoms with Crippen LogP contribution in [0.3, 0.4) is 0 Å². The van der Waals surface area contributed by atoms with Crippen molar-refractivity contribution in [3.63, 3.8) is 0 Å². The van der Waals surface area contributed by atoms with E-state index in [0.717, 1.165) is 5.56 Å². The number of carbonyl (C=O) groups excluding carboxylic acids is 1. The Balaban J connectivity index is 2.70. The standard InChI is InChI=1S/C11H13NO4/c1-15-10-7-8(3-4-9(10)13)5-6-12-11(14)16-2/h3-7,13H,1-2H3,(H,12,14)/b6-5+. The summed E-state index contributed by atoms with van der Waals surface area (Å²) in [6, 6.07) is 4.84. The number of methoxy groups -OCH3 is 2. The van der Waals surface area contributed by atoms with Gasteiger partial charge < -0.3 is 14.6 Å². The molecule has 0 saturated heterocycles. The van der Waals surface area contributed by atoms with Gasteiger partial charge >= 0.3 is 6.09 Å². The quantitative estimate of drug-likeness (QED) is 0.818. The summed E-state index contributed by atoms with van der Waals surface area (Å²) in [5, 5.41) is 11.7. The summed E-state index contributed by atoms with van der Waals surface area (Å²) in [5.41, 5.74) is 0.783. The first kappa shape index (κ1) is 11.9. The number of phenolic OH excluding ortho intramolecular Hbond substituents is 1. The minimum Gasteiger partial charge on any atom is -0.504 e. The van der Waals surface area contributed by atoms with E-state index in [1.807, 2.05) is 0 Å². The van der Waals surface area contributed by atoms with Crippen LogP contribution in [0.15, 0.2) is 24.4 Å². The molecule has 0 aromatic heterocycles. The molecule has 0 aliphatic rings. The molecular formula is C11H13NO4. The first-order valence-electron chi connectivity index (χ1n) is 4.55. The molecular weight excluding hydrogens is 210 g/mol. The minimum atomic E-state index is -0.540. The van der Waals surface area contributed by atoms with Gasteiger partial charge in [-0.05, 0) is 23.8 Å². The third-order valence-corrected chi connectivity index (χ3v) is 1.87. The van der Waals surface area contributed by atoms with Crippen molar-refractivity contribution in [2.45, 2.75) is 0 Å². The predicted molar refractivity (Wildman–Crippen MR) is 59.2 cm³/mol. The fraction of sp³-hybridized carbons (Fsp3) is 0.182. The van der Waals surface area contributed by atoms with Crippen LogP contribution in [0, 0.1) is 0 Å². The molecule has 0 atom stereocenters. The van der Waals surface area contributed by atoms with Crippen molar-refractivity contribution in [1.82, 2.24) is 5.32 Å². The molecule has 0 spiro atoms. The Kier molecular flexibility index (Phi) is 4.20. The number of hydrogen-bond acceptors (Lipinski definition) is 4. The largest absolute Gasteiger partial charge is 0.504 e. The Hall–Kier alpha value is -2.17. The van der Waals surface area contributed by atoms with Crippen LogP contribution < -0.4 is 10.1 Å². The number of carbonyl (C=O) groups is 1. The first-order chi connectivity index (χ1) is 7.67. The summed E-state index contributed by atoms with van der Waals surface area (Å²) < 4.78 is 9.32. The number of phenols is 1. The number of rotatable bonds is 3. The lowest BCUT2D eigenvalue weighted by Crippen LogP contribution is -2.15. The molecule has 1 amide bonds. The molecule has 0 aliphatic carbocycles. The lowest BCUT2D eigenvalue weighted by Gasteiger charge is -2.03. The molecule has 0 saturated carbocycles. The van der Waals surface area contributed by atoms with Gasteiger partial charge in [-0.3, -0.25) is 5.32 Å². The average molecular weight is 223 g/mol. The molecule has 0 fully saturated rings. The van der Waals surface area contributed by atoms with Crippen LogP contribution in [-0.2, 0) is 4.74 Å². The molecule has 1 aromatic rings. The summed E-state index contributed by atoms with van der Waals surface area (Å²) >= 11 is 0. The van der Waals surface area contributed by atoms with E-state index in [1.165, 1.54) is 26.5 Å². The van der Waals surface area contributed by atoms with Crippen LogP contribution in [0.5, 0.6) is 11.5 Å². The van der Waals surface area contributed by atoms with E-state index in [2.05, 4.69) is 10.1 Å². The van der Waals surface area contributed by atoms with Gasteiger partial charge in [-0.2, -0.15) is 0 Å². The molecule has 0 aliphatic heterocycles. The Morgan fingerprint density at radius 2 is 2.19 bits per heavy atom. The van der Waals surface area contributed by atoms with Crippen molar-refractivity contribution in [3.05, 3.63) is 30.0 Å². The van der Waals surface area contributed by atoms with E-state index in [9.17, 15) is 9.90 Å². The van der Waals surface area contributed by atoms with Crippen molar-refractivity contribution >= 4 is 12.2 Å². The second-order valence-corrected chi connectivity index (χ2v) is 2.90. The van der Waals surface area contributed by atoms with Crippen molar-refractivity contribution in [1.29, 1.82) is 0 Å². The van der Waals surface area contributed by atoms with Gasteiger partial charge in [-0.25, -0.2) is 4.79 Å². The highest BCUT2D eigenvalue weighted by atomic mass is 16.5. The van der Waals surface area contributed by atoms with Crippen LogP contribution in [0.25, 0.3) is 6.08 Å². The maximum atomic E-state index is 10.7. The van der Waals surface area contributed by atoms with Crippen LogP contribution in [0.2, 0.25) is 0 Å². The highest BCUT2D eigenvalue weighted by molar-refractivity contribution is 5.69. The molecule has 1 rings (SSSR count). The molecule has 0 bridgehead atoms. The van der Waals surface area contributed by atoms with Crippen molar-refractivity contribution in [3.8, 4) is 11.5 Å². The van der Waals surface area contributed by atoms with E-state index < -0.39 is 6.09 Å². The highest BCUT2D eigenvalue weighted by Gasteiger charge is 2.00. The number of aromatic hydroxyl groups is 1. The highest BCUT2D eigenvalue weighted by Crippen LogP contribution is 2.26. The van der Waals surface area contributed by atoms with Crippen molar-refractivity contribution in [2.75, 3.05) is 14.2 Å². The lowest BCUT2D eigenvalue weighted by molar-refractivity contribution is 0.175. The fourth-order valence-corrected chi connectivity index (χ4v) is 1.06. The monoisotopic (exact) mass is 223 g/mol. The first-order valence-corrected chi connectivity index (χ1v) is 4.55. The van der Waals surface area contributed by atoms with Gasteiger partial charge in [0.05, 0.1) is 14.2 Å². The summed E-state index contributed by atoms with van der Waals surface area (Å²) in [6.07, 6.45) is 2.55. The Morgan fingerprint density at radius 3 is 2.81 bits per heavy atom. The fourth-order valence-electron chi connectivity index (χ4n) is 1.06. The topological polar surface area (TPSA) is 67.8 Å². The second kappa shape index (κ2) is 5.65. The number of hydrogen-bond donors (Lipinski definition) is 2. The normalized spacial score (nSPS) is 10.1. The predicted octanol–water partition coefficient (Wildman–Crippen LogP) is 1.73. The Bertz CT molecular complexity index is 401. The van der Waals surface area contributed by atoms with Gasteiger partial charge in [-0.15, -0.1) is 0 Å². The van der Waals surface area contributed by atoms with Gasteiger partial charge in [0, 0.05) is 6.20 Å². The summed E-state index contributed by atoms with van der Waals surface area (Å²) in [4.78, 5) is 10.7. The van der Waals surface area contributed by atoms with Crippen LogP contribution in [0.1, 0.15) is 5.56 Å². The van der Waals surface area contributed by atoms with Crippen LogP contribution in [-0.4, -0.2) is 25.4 Å². The Labute approximate surface area is 93.3 Å². The third kappa shape index (κ3) is 3.20. The second-order valence-electron chi connectivity index (χ2n) is 2.90. The van der Waals surface area contributed by atoms with Crippen molar-refractivity contribution < 1.29 is 19.4 Å². The van der Waals surface area contributed by atoms with Gasteiger partial charge in [0.1, 0.15) is 0 Å². The molecule has 2 N–H and O–H groups in total. The van der Waals surface area contributed by atoms with Gasteiger partial charge in [0.25, 0.3) is 0 Å². The maximum absolute atomic E-state index is 10.7. The van der Waals surface area contributed by atoms with Gasteiger partial charge in [0.2, 0.25) is 0 Å². The van der Waals surface area contributed by atoms with Crippen LogP contribution >= 0.6 is 0 Å². The molecule has 0 heterocycles. The van der Waals surface area contributed by atoms with Crippen LogP contribution in [0.4, 0.5) is 4.79 Å².